The minimum atomic E-state index is -1.08. The van der Waals surface area contributed by atoms with Crippen LogP contribution in [0.25, 0.3) is 0 Å². The molecule has 10 heteroatoms. The molecule has 116 valence electrons. The fraction of sp³-hybridized carbons (Fsp3) is 0.0833. The molecule has 0 spiro atoms. The van der Waals surface area contributed by atoms with Crippen molar-refractivity contribution in [1.82, 2.24) is 4.98 Å². The Morgan fingerprint density at radius 1 is 1.64 bits per heavy atom. The Morgan fingerprint density at radius 2 is 2.41 bits per heavy atom. The second-order valence-electron chi connectivity index (χ2n) is 3.94. The summed E-state index contributed by atoms with van der Waals surface area (Å²) in [6.07, 6.45) is 1.45. The highest BCUT2D eigenvalue weighted by Crippen LogP contribution is 2.32. The number of nitrogen functional groups attached to an aromatic ring is 1. The average molecular weight is 406 g/mol. The van der Waals surface area contributed by atoms with E-state index in [-0.39, 0.29) is 0 Å². The Balaban J connectivity index is 2.18. The maximum Gasteiger partial charge on any atom is 0.341 e. The monoisotopic (exact) mass is 404 g/mol. The number of hydrazone groups is 1. The van der Waals surface area contributed by atoms with Crippen LogP contribution in [0.2, 0.25) is 5.02 Å². The molecule has 0 atom stereocenters. The van der Waals surface area contributed by atoms with E-state index in [2.05, 4.69) is 31.4 Å². The van der Waals surface area contributed by atoms with Gasteiger partial charge < -0.3 is 15.6 Å². The van der Waals surface area contributed by atoms with E-state index in [1.165, 1.54) is 17.6 Å². The fourth-order valence-corrected chi connectivity index (χ4v) is 2.95. The first-order valence-electron chi connectivity index (χ1n) is 5.79. The van der Waals surface area contributed by atoms with Crippen LogP contribution in [0.4, 0.5) is 10.9 Å². The molecule has 1 heterocycles. The van der Waals surface area contributed by atoms with Crippen molar-refractivity contribution in [2.45, 2.75) is 0 Å². The fourth-order valence-electron chi connectivity index (χ4n) is 1.46. The maximum absolute atomic E-state index is 10.6. The van der Waals surface area contributed by atoms with Crippen molar-refractivity contribution in [3.05, 3.63) is 32.6 Å². The molecular weight excluding hydrogens is 396 g/mol. The van der Waals surface area contributed by atoms with Crippen molar-refractivity contribution in [3.8, 4) is 5.75 Å². The number of anilines is 2. The Hall–Kier alpha value is -1.84. The van der Waals surface area contributed by atoms with Crippen LogP contribution in [0, 0.1) is 0 Å². The van der Waals surface area contributed by atoms with E-state index >= 15 is 0 Å². The molecule has 0 bridgehead atoms. The predicted octanol–water partition coefficient (Wildman–Crippen LogP) is 3.05. The van der Waals surface area contributed by atoms with Crippen molar-refractivity contribution in [2.24, 2.45) is 5.10 Å². The van der Waals surface area contributed by atoms with E-state index in [4.69, 9.17) is 27.2 Å². The molecule has 0 saturated heterocycles. The summed E-state index contributed by atoms with van der Waals surface area (Å²) >= 11 is 10.6. The van der Waals surface area contributed by atoms with Crippen molar-refractivity contribution < 1.29 is 14.6 Å². The molecule has 4 N–H and O–H groups in total. The number of aliphatic carboxylic acids is 1. The summed E-state index contributed by atoms with van der Waals surface area (Å²) in [6, 6.07) is 3.20. The van der Waals surface area contributed by atoms with Crippen LogP contribution in [0.5, 0.6) is 5.75 Å². The summed E-state index contributed by atoms with van der Waals surface area (Å²) in [7, 11) is 0. The number of thiazole rings is 1. The normalized spacial score (nSPS) is 10.8. The lowest BCUT2D eigenvalue weighted by molar-refractivity contribution is -0.139. The zero-order valence-electron chi connectivity index (χ0n) is 10.9. The zero-order chi connectivity index (χ0) is 16.1. The lowest BCUT2D eigenvalue weighted by Crippen LogP contribution is -2.11. The molecule has 0 amide bonds. The highest BCUT2D eigenvalue weighted by molar-refractivity contribution is 9.10. The molecule has 0 unspecified atom stereocenters. The summed E-state index contributed by atoms with van der Waals surface area (Å²) in [5.74, 6) is -0.351. The van der Waals surface area contributed by atoms with Crippen LogP contribution < -0.4 is 15.9 Å². The number of hydrogen-bond acceptors (Lipinski definition) is 7. The summed E-state index contributed by atoms with van der Waals surface area (Å²) in [6.45, 7) is -0.475. The number of halogens is 2. The van der Waals surface area contributed by atoms with Crippen LogP contribution in [-0.2, 0) is 4.79 Å². The molecule has 2 aromatic rings. The average Bonchev–Trinajstić information content (AvgIpc) is 2.83. The first-order chi connectivity index (χ1) is 10.5. The number of carboxylic acids is 1. The lowest BCUT2D eigenvalue weighted by atomic mass is 10.2. The van der Waals surface area contributed by atoms with E-state index < -0.39 is 12.6 Å². The Kier molecular flexibility index (Phi) is 5.58. The van der Waals surface area contributed by atoms with Gasteiger partial charge in [-0.05, 0) is 28.1 Å². The molecule has 1 aromatic carbocycles. The molecule has 2 rings (SSSR count). The van der Waals surface area contributed by atoms with E-state index in [0.717, 1.165) is 0 Å². The number of nitrogens with zero attached hydrogens (tertiary/aromatic N) is 2. The number of nitrogens with two attached hydrogens (primary N) is 1. The molecular formula is C12H10BrClN4O3S. The van der Waals surface area contributed by atoms with Crippen LogP contribution >= 0.6 is 38.9 Å². The van der Waals surface area contributed by atoms with Gasteiger partial charge in [-0.1, -0.05) is 11.6 Å². The third kappa shape index (κ3) is 4.58. The van der Waals surface area contributed by atoms with Crippen molar-refractivity contribution in [1.29, 1.82) is 0 Å². The largest absolute Gasteiger partial charge is 0.480 e. The molecule has 0 aliphatic heterocycles. The van der Waals surface area contributed by atoms with Crippen LogP contribution in [0.3, 0.4) is 0 Å². The van der Waals surface area contributed by atoms with Gasteiger partial charge >= 0.3 is 5.97 Å². The van der Waals surface area contributed by atoms with E-state index in [1.54, 1.807) is 17.5 Å². The molecule has 0 fully saturated rings. The number of benzene rings is 1. The zero-order valence-corrected chi connectivity index (χ0v) is 14.1. The van der Waals surface area contributed by atoms with Crippen molar-refractivity contribution in [2.75, 3.05) is 17.8 Å². The Morgan fingerprint density at radius 3 is 3.05 bits per heavy atom. The van der Waals surface area contributed by atoms with Gasteiger partial charge in [0, 0.05) is 16.0 Å². The summed E-state index contributed by atoms with van der Waals surface area (Å²) in [5.41, 5.74) is 8.72. The third-order valence-corrected chi connectivity index (χ3v) is 3.84. The second kappa shape index (κ2) is 7.43. The highest BCUT2D eigenvalue weighted by atomic mass is 79.9. The molecule has 22 heavy (non-hydrogen) atoms. The molecule has 0 radical (unpaired) electrons. The number of carbonyl (C=O) groups is 1. The SMILES string of the molecule is Nc1csc(NN=Cc2cc(Cl)cc(Br)c2OCC(=O)O)n1. The molecule has 7 nitrogen and oxygen atoms in total. The molecule has 0 aliphatic carbocycles. The predicted molar refractivity (Wildman–Crippen MR) is 90.0 cm³/mol. The van der Waals surface area contributed by atoms with Crippen LogP contribution in [0.15, 0.2) is 27.1 Å². The van der Waals surface area contributed by atoms with Gasteiger partial charge in [-0.2, -0.15) is 5.10 Å². The van der Waals surface area contributed by atoms with E-state index in [0.29, 0.717) is 31.8 Å². The number of nitrogens with one attached hydrogen (secondary N) is 1. The van der Waals surface area contributed by atoms with Gasteiger partial charge in [-0.3, -0.25) is 5.43 Å². The smallest absolute Gasteiger partial charge is 0.341 e. The molecule has 1 aromatic heterocycles. The van der Waals surface area contributed by atoms with Gasteiger partial charge in [0.15, 0.2) is 6.61 Å². The minimum absolute atomic E-state index is 0.330. The van der Waals surface area contributed by atoms with E-state index in [1.807, 2.05) is 0 Å². The van der Waals surface area contributed by atoms with Gasteiger partial charge in [0.25, 0.3) is 0 Å². The number of carboxylic acid groups (broad SMARTS) is 1. The summed E-state index contributed by atoms with van der Waals surface area (Å²) < 4.78 is 5.76. The summed E-state index contributed by atoms with van der Waals surface area (Å²) in [4.78, 5) is 14.6. The molecule has 0 aliphatic rings. The van der Waals surface area contributed by atoms with Gasteiger partial charge in [-0.25, -0.2) is 9.78 Å². The van der Waals surface area contributed by atoms with Crippen LogP contribution in [-0.4, -0.2) is 28.9 Å². The van der Waals surface area contributed by atoms with Gasteiger partial charge in [-0.15, -0.1) is 11.3 Å². The first kappa shape index (κ1) is 16.5. The van der Waals surface area contributed by atoms with Gasteiger partial charge in [0.05, 0.1) is 10.7 Å². The number of ether oxygens (including phenoxy) is 1. The second-order valence-corrected chi connectivity index (χ2v) is 6.08. The van der Waals surface area contributed by atoms with Crippen molar-refractivity contribution >= 4 is 62.0 Å². The van der Waals surface area contributed by atoms with Gasteiger partial charge in [0.2, 0.25) is 5.13 Å². The standard InChI is InChI=1S/C12H10BrClN4O3S/c13-8-2-7(14)1-6(11(8)21-4-10(19)20)3-16-18-12-17-9(15)5-22-12/h1-3,5H,4,15H2,(H,17,18)(H,19,20). The lowest BCUT2D eigenvalue weighted by Gasteiger charge is -2.09. The summed E-state index contributed by atoms with van der Waals surface area (Å²) in [5, 5.41) is 15.4. The highest BCUT2D eigenvalue weighted by Gasteiger charge is 2.11. The Bertz CT molecular complexity index is 722. The quantitative estimate of drug-likeness (QED) is 0.503. The third-order valence-electron chi connectivity index (χ3n) is 2.26. The number of hydrogen-bond donors (Lipinski definition) is 3. The van der Waals surface area contributed by atoms with Crippen LogP contribution in [0.1, 0.15) is 5.56 Å². The maximum atomic E-state index is 10.6. The topological polar surface area (TPSA) is 110 Å². The minimum Gasteiger partial charge on any atom is -0.480 e. The van der Waals surface area contributed by atoms with Gasteiger partial charge in [0.1, 0.15) is 11.6 Å². The van der Waals surface area contributed by atoms with Crippen molar-refractivity contribution in [3.63, 3.8) is 0 Å². The number of rotatable bonds is 6. The van der Waals surface area contributed by atoms with E-state index in [9.17, 15) is 4.79 Å². The Labute approximate surface area is 142 Å². The number of aromatic nitrogens is 1. The molecule has 0 saturated carbocycles. The first-order valence-corrected chi connectivity index (χ1v) is 7.84.